The van der Waals surface area contributed by atoms with Crippen LogP contribution in [0.25, 0.3) is 10.9 Å². The van der Waals surface area contributed by atoms with Crippen molar-refractivity contribution < 1.29 is 47.7 Å². The van der Waals surface area contributed by atoms with Gasteiger partial charge in [0.25, 0.3) is 0 Å². The molecule has 5 aromatic rings. The lowest BCUT2D eigenvalue weighted by atomic mass is 9.92. The summed E-state index contributed by atoms with van der Waals surface area (Å²) in [6, 6.07) is 20.3. The number of ether oxygens (including phenoxy) is 2. The van der Waals surface area contributed by atoms with Crippen molar-refractivity contribution in [1.82, 2.24) is 20.1 Å². The van der Waals surface area contributed by atoms with Gasteiger partial charge in [0.05, 0.1) is 17.2 Å². The number of piperazine rings is 1. The quantitative estimate of drug-likeness (QED) is 0.0614. The highest BCUT2D eigenvalue weighted by Gasteiger charge is 2.29. The number of fused-ring (bicyclic) bond motifs is 1. The number of hydrogen-bond donors (Lipinski definition) is 5. The van der Waals surface area contributed by atoms with Crippen LogP contribution in [0.4, 0.5) is 30.1 Å². The van der Waals surface area contributed by atoms with E-state index in [-0.39, 0.29) is 82.1 Å². The Morgan fingerprint density at radius 2 is 1.62 bits per heavy atom. The van der Waals surface area contributed by atoms with E-state index in [0.717, 1.165) is 16.5 Å². The van der Waals surface area contributed by atoms with Crippen molar-refractivity contribution in [3.63, 3.8) is 0 Å². The number of carboxylic acid groups (broad SMARTS) is 1. The van der Waals surface area contributed by atoms with Crippen LogP contribution in [-0.4, -0.2) is 89.2 Å². The number of thiophene rings is 1. The molecule has 65 heavy (non-hydrogen) atoms. The number of nitrogens with one attached hydrogen (secondary N) is 3. The molecule has 17 nitrogen and oxygen atoms in total. The minimum absolute atomic E-state index is 0.00798. The van der Waals surface area contributed by atoms with E-state index in [1.807, 2.05) is 47.8 Å². The van der Waals surface area contributed by atoms with Gasteiger partial charge in [0.1, 0.15) is 24.6 Å². The smallest absolute Gasteiger partial charge is 0.410 e. The molecule has 0 spiro atoms. The number of aromatic carboxylic acids is 1. The molecule has 0 radical (unpaired) electrons. The van der Waals surface area contributed by atoms with Crippen LogP contribution in [0.2, 0.25) is 0 Å². The summed E-state index contributed by atoms with van der Waals surface area (Å²) >= 11 is 1.43. The van der Waals surface area contributed by atoms with Crippen molar-refractivity contribution in [2.75, 3.05) is 42.9 Å². The number of carboxylic acids is 1. The topological polar surface area (TPSA) is 232 Å². The largest absolute Gasteiger partial charge is 0.477 e. The molecule has 1 aliphatic heterocycles. The average Bonchev–Trinajstić information content (AvgIpc) is 3.82. The maximum atomic E-state index is 15.4. The molecule has 19 heteroatoms. The number of pyridine rings is 1. The number of benzene rings is 3. The number of alkyl carbamates (subject to hydrolysis) is 1. The number of hydrogen-bond acceptors (Lipinski definition) is 11. The van der Waals surface area contributed by atoms with E-state index in [9.17, 15) is 38.7 Å². The maximum absolute atomic E-state index is 15.4. The number of ketones is 1. The number of nitrogens with two attached hydrogens (primary N) is 1. The van der Waals surface area contributed by atoms with Crippen molar-refractivity contribution in [2.24, 2.45) is 11.7 Å². The molecule has 0 bridgehead atoms. The number of halogens is 1. The van der Waals surface area contributed by atoms with Gasteiger partial charge in [0, 0.05) is 80.2 Å². The number of primary amides is 1. The molecular formula is C46H50FN7O10S. The Balaban J connectivity index is 1.03. The van der Waals surface area contributed by atoms with Gasteiger partial charge in [-0.3, -0.25) is 14.4 Å². The number of urea groups is 1. The predicted molar refractivity (Wildman–Crippen MR) is 241 cm³/mol. The third-order valence-corrected chi connectivity index (χ3v) is 11.8. The van der Waals surface area contributed by atoms with Crippen LogP contribution in [0.1, 0.15) is 52.5 Å². The maximum Gasteiger partial charge on any atom is 0.410 e. The molecule has 1 aliphatic rings. The average molecular weight is 912 g/mol. The van der Waals surface area contributed by atoms with E-state index in [0.29, 0.717) is 29.7 Å². The first-order valence-electron chi connectivity index (χ1n) is 21.0. The second-order valence-electron chi connectivity index (χ2n) is 15.3. The minimum atomic E-state index is -1.39. The third kappa shape index (κ3) is 12.9. The molecule has 0 unspecified atom stereocenters. The predicted octanol–water partition coefficient (Wildman–Crippen LogP) is 5.88. The number of amides is 5. The highest BCUT2D eigenvalue weighted by molar-refractivity contribution is 7.09. The fourth-order valence-electron chi connectivity index (χ4n) is 7.40. The van der Waals surface area contributed by atoms with Crippen LogP contribution in [0.5, 0.6) is 0 Å². The van der Waals surface area contributed by atoms with Gasteiger partial charge in [-0.15, -0.1) is 11.3 Å². The molecule has 2 atom stereocenters. The molecule has 5 amide bonds. The minimum Gasteiger partial charge on any atom is -0.477 e. The fraction of sp³-hybridized carbons (Fsp3) is 0.326. The van der Waals surface area contributed by atoms with E-state index in [4.69, 9.17) is 15.2 Å². The standard InChI is InChI=1S/C46H50FN7O10S/c1-2-52-26-35(43(58)59)41(56)34-24-36(47)39(25-38(34)52)53-17-19-54(20-18-53)46(62)64-28-30-12-14-32(15-13-30)50-42(57)31(10-6-16-49-44(48)60)22-40(55)37(23-33-11-7-21-65-33)51-45(61)63-27-29-8-4-3-5-9-29/h3-5,7-9,11-15,21,24-26,31,37H,2,6,10,16-20,22-23,27-28H2,1H3,(H,50,57)(H,51,61)(H,58,59)(H3,48,49,60)/t31-,37+/m1/s1. The summed E-state index contributed by atoms with van der Waals surface area (Å²) in [5.41, 5.74) is 6.48. The Labute approximate surface area is 377 Å². The van der Waals surface area contributed by atoms with Crippen molar-refractivity contribution >= 4 is 69.5 Å². The molecule has 342 valence electrons. The molecule has 1 fully saturated rings. The molecule has 3 aromatic carbocycles. The van der Waals surface area contributed by atoms with Gasteiger partial charge in [-0.1, -0.05) is 48.5 Å². The molecule has 2 aromatic heterocycles. The number of anilines is 2. The van der Waals surface area contributed by atoms with Crippen LogP contribution >= 0.6 is 11.3 Å². The number of nitrogens with zero attached hydrogens (tertiary/aromatic N) is 3. The van der Waals surface area contributed by atoms with Crippen LogP contribution in [0, 0.1) is 11.7 Å². The molecule has 6 N–H and O–H groups in total. The second-order valence-corrected chi connectivity index (χ2v) is 16.4. The lowest BCUT2D eigenvalue weighted by Crippen LogP contribution is -2.49. The number of carbonyl (C=O) groups is 6. The number of aromatic nitrogens is 1. The van der Waals surface area contributed by atoms with Crippen molar-refractivity contribution in [3.05, 3.63) is 128 Å². The summed E-state index contributed by atoms with van der Waals surface area (Å²) in [6.45, 7) is 3.26. The van der Waals surface area contributed by atoms with E-state index in [1.165, 1.54) is 28.5 Å². The zero-order chi connectivity index (χ0) is 46.5. The zero-order valence-electron chi connectivity index (χ0n) is 35.6. The highest BCUT2D eigenvalue weighted by atomic mass is 32.1. The number of rotatable bonds is 19. The first-order valence-corrected chi connectivity index (χ1v) is 21.9. The first kappa shape index (κ1) is 47.2. The Bertz CT molecular complexity index is 2550. The number of aryl methyl sites for hydroxylation is 1. The Morgan fingerprint density at radius 1 is 0.908 bits per heavy atom. The Morgan fingerprint density at radius 3 is 2.28 bits per heavy atom. The van der Waals surface area contributed by atoms with E-state index in [2.05, 4.69) is 16.0 Å². The molecule has 1 saturated heterocycles. The molecular weight excluding hydrogens is 862 g/mol. The van der Waals surface area contributed by atoms with Gasteiger partial charge in [-0.05, 0) is 66.6 Å². The summed E-state index contributed by atoms with van der Waals surface area (Å²) in [6.07, 6.45) is 0.455. The monoisotopic (exact) mass is 911 g/mol. The van der Waals surface area contributed by atoms with Gasteiger partial charge in [-0.25, -0.2) is 23.6 Å². The molecule has 0 saturated carbocycles. The van der Waals surface area contributed by atoms with Gasteiger partial charge < -0.3 is 50.6 Å². The van der Waals surface area contributed by atoms with Gasteiger partial charge >= 0.3 is 24.2 Å². The van der Waals surface area contributed by atoms with Crippen molar-refractivity contribution in [1.29, 1.82) is 0 Å². The van der Waals surface area contributed by atoms with Crippen LogP contribution in [-0.2, 0) is 45.2 Å². The van der Waals surface area contributed by atoms with E-state index < -0.39 is 58.9 Å². The number of carbonyl (C=O) groups excluding carboxylic acids is 5. The lowest BCUT2D eigenvalue weighted by Gasteiger charge is -2.35. The van der Waals surface area contributed by atoms with Gasteiger partial charge in [0.2, 0.25) is 11.3 Å². The molecule has 3 heterocycles. The number of Topliss-reactive ketones (excluding diaryl/α,β-unsaturated/α-hetero) is 1. The summed E-state index contributed by atoms with van der Waals surface area (Å²) < 4.78 is 27.9. The first-order chi connectivity index (χ1) is 31.3. The Hall–Kier alpha value is -7.28. The van der Waals surface area contributed by atoms with Crippen molar-refractivity contribution in [3.8, 4) is 0 Å². The third-order valence-electron chi connectivity index (χ3n) is 10.9. The Kier molecular flexibility index (Phi) is 16.2. The highest BCUT2D eigenvalue weighted by Crippen LogP contribution is 2.27. The van der Waals surface area contributed by atoms with Crippen LogP contribution < -0.4 is 32.0 Å². The fourth-order valence-corrected chi connectivity index (χ4v) is 8.16. The summed E-state index contributed by atoms with van der Waals surface area (Å²) in [7, 11) is 0. The van der Waals surface area contributed by atoms with Gasteiger partial charge in [0.15, 0.2) is 5.78 Å². The van der Waals surface area contributed by atoms with Crippen LogP contribution in [0.3, 0.4) is 0 Å². The SMILES string of the molecule is CCn1cc(C(=O)O)c(=O)c2cc(F)c(N3CCN(C(=O)OCc4ccc(NC(=O)[C@H](CCCNC(N)=O)CC(=O)[C@H](Cc5cccs5)NC(=O)OCc5ccccc5)cc4)CC3)cc21. The van der Waals surface area contributed by atoms with Crippen LogP contribution in [0.15, 0.2) is 95.2 Å². The summed E-state index contributed by atoms with van der Waals surface area (Å²) in [5.74, 6) is -3.73. The van der Waals surface area contributed by atoms with E-state index in [1.54, 1.807) is 40.7 Å². The lowest BCUT2D eigenvalue weighted by molar-refractivity contribution is -0.127. The molecule has 6 rings (SSSR count). The van der Waals surface area contributed by atoms with Crippen molar-refractivity contribution in [2.45, 2.75) is 58.4 Å². The van der Waals surface area contributed by atoms with E-state index >= 15 is 4.39 Å². The normalized spacial score (nSPS) is 13.4. The summed E-state index contributed by atoms with van der Waals surface area (Å²) in [4.78, 5) is 93.2. The second kappa shape index (κ2) is 22.4. The summed E-state index contributed by atoms with van der Waals surface area (Å²) in [5, 5.41) is 19.3. The zero-order valence-corrected chi connectivity index (χ0v) is 36.4. The van der Waals surface area contributed by atoms with Gasteiger partial charge in [-0.2, -0.15) is 0 Å². The molecule has 0 aliphatic carbocycles.